The van der Waals surface area contributed by atoms with E-state index in [-0.39, 0.29) is 5.91 Å². The Balaban J connectivity index is 1.62. The number of rotatable bonds is 6. The van der Waals surface area contributed by atoms with Crippen molar-refractivity contribution in [3.8, 4) is 11.3 Å². The molecule has 1 N–H and O–H groups in total. The molecular weight excluding hydrogens is 340 g/mol. The van der Waals surface area contributed by atoms with E-state index < -0.39 is 0 Å². The van der Waals surface area contributed by atoms with E-state index in [1.807, 2.05) is 48.5 Å². The van der Waals surface area contributed by atoms with Crippen LogP contribution in [0.3, 0.4) is 0 Å². The third kappa shape index (κ3) is 3.95. The lowest BCUT2D eigenvalue weighted by Gasteiger charge is -2.03. The molecule has 3 heterocycles. The second-order valence-corrected chi connectivity index (χ2v) is 6.08. The van der Waals surface area contributed by atoms with Crippen molar-refractivity contribution in [2.45, 2.75) is 13.1 Å². The Morgan fingerprint density at radius 1 is 1.07 bits per heavy atom. The molecule has 0 saturated heterocycles. The van der Waals surface area contributed by atoms with Gasteiger partial charge < -0.3 is 9.73 Å². The number of furan rings is 1. The fourth-order valence-electron chi connectivity index (χ4n) is 2.83. The number of hydrogen-bond donors (Lipinski definition) is 1. The zero-order valence-electron chi connectivity index (χ0n) is 14.6. The number of carbonyl (C=O) groups excluding carboxylic acids is 1. The molecule has 1 amide bonds. The largest absolute Gasteiger partial charge is 0.467 e. The number of nitrogens with one attached hydrogen (secondary N) is 1. The van der Waals surface area contributed by atoms with E-state index in [0.717, 1.165) is 11.1 Å². The summed E-state index contributed by atoms with van der Waals surface area (Å²) in [4.78, 5) is 16.9. The number of hydrogen-bond acceptors (Lipinski definition) is 4. The first-order valence-corrected chi connectivity index (χ1v) is 8.62. The predicted octanol–water partition coefficient (Wildman–Crippen LogP) is 3.52. The molecule has 0 aliphatic carbocycles. The highest BCUT2D eigenvalue weighted by molar-refractivity contribution is 5.99. The summed E-state index contributed by atoms with van der Waals surface area (Å²) < 4.78 is 7.05. The molecule has 3 aromatic heterocycles. The molecule has 6 nitrogen and oxygen atoms in total. The normalized spacial score (nSPS) is 10.7. The molecule has 0 bridgehead atoms. The van der Waals surface area contributed by atoms with Gasteiger partial charge in [-0.1, -0.05) is 30.3 Å². The van der Waals surface area contributed by atoms with Crippen molar-refractivity contribution in [2.24, 2.45) is 0 Å². The molecule has 0 aliphatic rings. The van der Waals surface area contributed by atoms with E-state index in [1.165, 1.54) is 0 Å². The van der Waals surface area contributed by atoms with E-state index in [2.05, 4.69) is 15.4 Å². The third-order valence-corrected chi connectivity index (χ3v) is 4.13. The number of pyridine rings is 1. The monoisotopic (exact) mass is 358 g/mol. The summed E-state index contributed by atoms with van der Waals surface area (Å²) in [6.07, 6.45) is 6.76. The van der Waals surface area contributed by atoms with Gasteiger partial charge in [0.2, 0.25) is 0 Å². The summed E-state index contributed by atoms with van der Waals surface area (Å²) in [6.45, 7) is 0.905. The fourth-order valence-corrected chi connectivity index (χ4v) is 2.83. The van der Waals surface area contributed by atoms with Gasteiger partial charge in [0, 0.05) is 24.2 Å². The summed E-state index contributed by atoms with van der Waals surface area (Å²) >= 11 is 0. The van der Waals surface area contributed by atoms with Gasteiger partial charge in [-0.25, -0.2) is 0 Å². The van der Waals surface area contributed by atoms with Gasteiger partial charge in [-0.3, -0.25) is 14.5 Å². The van der Waals surface area contributed by atoms with Crippen LogP contribution in [0.25, 0.3) is 11.3 Å². The molecule has 0 atom stereocenters. The molecule has 0 saturated carbocycles. The Morgan fingerprint density at radius 2 is 1.96 bits per heavy atom. The molecule has 0 spiro atoms. The lowest BCUT2D eigenvalue weighted by Crippen LogP contribution is -2.22. The number of carbonyl (C=O) groups is 1. The first kappa shape index (κ1) is 16.8. The van der Waals surface area contributed by atoms with E-state index in [1.54, 1.807) is 35.6 Å². The Kier molecular flexibility index (Phi) is 4.78. The van der Waals surface area contributed by atoms with E-state index in [9.17, 15) is 4.79 Å². The lowest BCUT2D eigenvalue weighted by atomic mass is 10.1. The molecule has 6 heteroatoms. The zero-order chi connectivity index (χ0) is 18.5. The van der Waals surface area contributed by atoms with Crippen molar-refractivity contribution in [3.63, 3.8) is 0 Å². The topological polar surface area (TPSA) is 73.0 Å². The van der Waals surface area contributed by atoms with Gasteiger partial charge in [-0.05, 0) is 29.8 Å². The van der Waals surface area contributed by atoms with E-state index >= 15 is 0 Å². The smallest absolute Gasteiger partial charge is 0.255 e. The van der Waals surface area contributed by atoms with Crippen molar-refractivity contribution in [1.82, 2.24) is 20.1 Å². The van der Waals surface area contributed by atoms with Crippen molar-refractivity contribution in [1.29, 1.82) is 0 Å². The Hall–Kier alpha value is -3.67. The highest BCUT2D eigenvalue weighted by atomic mass is 16.3. The highest BCUT2D eigenvalue weighted by Gasteiger charge is 2.18. The average molecular weight is 358 g/mol. The van der Waals surface area contributed by atoms with Crippen molar-refractivity contribution in [3.05, 3.63) is 96.3 Å². The molecule has 1 aromatic carbocycles. The number of aromatic nitrogens is 3. The molecule has 27 heavy (non-hydrogen) atoms. The number of amides is 1. The van der Waals surface area contributed by atoms with Crippen LogP contribution in [0.4, 0.5) is 0 Å². The minimum absolute atomic E-state index is 0.204. The maximum Gasteiger partial charge on any atom is 0.255 e. The van der Waals surface area contributed by atoms with E-state index in [4.69, 9.17) is 4.42 Å². The maximum absolute atomic E-state index is 12.8. The standard InChI is InChI=1S/C21H18N4O2/c26-21(23-13-18-9-5-11-27-18)19-15-25(14-16-6-2-1-3-7-16)24-20(19)17-8-4-10-22-12-17/h1-12,15H,13-14H2,(H,23,26). The second kappa shape index (κ2) is 7.70. The summed E-state index contributed by atoms with van der Waals surface area (Å²) in [5.41, 5.74) is 3.02. The zero-order valence-corrected chi connectivity index (χ0v) is 14.6. The van der Waals surface area contributed by atoms with Crippen LogP contribution in [0.1, 0.15) is 21.7 Å². The van der Waals surface area contributed by atoms with Crippen molar-refractivity contribution >= 4 is 5.91 Å². The minimum atomic E-state index is -0.204. The molecule has 0 radical (unpaired) electrons. The van der Waals surface area contributed by atoms with Gasteiger partial charge in [0.15, 0.2) is 0 Å². The molecule has 4 aromatic rings. The average Bonchev–Trinajstić information content (AvgIpc) is 3.38. The fraction of sp³-hybridized carbons (Fsp3) is 0.0952. The first-order valence-electron chi connectivity index (χ1n) is 8.62. The summed E-state index contributed by atoms with van der Waals surface area (Å²) in [6, 6.07) is 17.3. The van der Waals surface area contributed by atoms with Crippen molar-refractivity contribution in [2.75, 3.05) is 0 Å². The molecule has 0 unspecified atom stereocenters. The van der Waals surface area contributed by atoms with Crippen LogP contribution in [0.2, 0.25) is 0 Å². The van der Waals surface area contributed by atoms with Crippen LogP contribution in [0, 0.1) is 0 Å². The summed E-state index contributed by atoms with van der Waals surface area (Å²) in [5.74, 6) is 0.493. The SMILES string of the molecule is O=C(NCc1ccco1)c1cn(Cc2ccccc2)nc1-c1cccnc1. The number of nitrogens with zero attached hydrogens (tertiary/aromatic N) is 3. The van der Waals surface area contributed by atoms with Crippen LogP contribution in [-0.2, 0) is 13.1 Å². The lowest BCUT2D eigenvalue weighted by molar-refractivity contribution is 0.0948. The Bertz CT molecular complexity index is 1010. The molecule has 0 aliphatic heterocycles. The number of benzene rings is 1. The first-order chi connectivity index (χ1) is 13.3. The summed E-state index contributed by atoms with van der Waals surface area (Å²) in [7, 11) is 0. The van der Waals surface area contributed by atoms with Crippen LogP contribution < -0.4 is 5.32 Å². The van der Waals surface area contributed by atoms with Crippen molar-refractivity contribution < 1.29 is 9.21 Å². The quantitative estimate of drug-likeness (QED) is 0.572. The minimum Gasteiger partial charge on any atom is -0.467 e. The van der Waals surface area contributed by atoms with Crippen LogP contribution >= 0.6 is 0 Å². The molecule has 134 valence electrons. The van der Waals surface area contributed by atoms with Gasteiger partial charge in [0.05, 0.1) is 24.9 Å². The molecule has 4 rings (SSSR count). The maximum atomic E-state index is 12.8. The Labute approximate surface area is 156 Å². The van der Waals surface area contributed by atoms with Crippen LogP contribution in [-0.4, -0.2) is 20.7 Å². The second-order valence-electron chi connectivity index (χ2n) is 6.08. The van der Waals surface area contributed by atoms with Gasteiger partial charge >= 0.3 is 0 Å². The van der Waals surface area contributed by atoms with Gasteiger partial charge in [-0.15, -0.1) is 0 Å². The van der Waals surface area contributed by atoms with Gasteiger partial charge in [-0.2, -0.15) is 5.10 Å². The van der Waals surface area contributed by atoms with Crippen LogP contribution in [0.15, 0.2) is 83.9 Å². The van der Waals surface area contributed by atoms with Gasteiger partial charge in [0.1, 0.15) is 11.5 Å². The molecular formula is C21H18N4O2. The predicted molar refractivity (Wildman–Crippen MR) is 101 cm³/mol. The molecule has 0 fully saturated rings. The highest BCUT2D eigenvalue weighted by Crippen LogP contribution is 2.22. The van der Waals surface area contributed by atoms with Crippen LogP contribution in [0.5, 0.6) is 0 Å². The summed E-state index contributed by atoms with van der Waals surface area (Å²) in [5, 5.41) is 7.52. The van der Waals surface area contributed by atoms with Gasteiger partial charge in [0.25, 0.3) is 5.91 Å². The Morgan fingerprint density at radius 3 is 2.70 bits per heavy atom. The van der Waals surface area contributed by atoms with E-state index in [0.29, 0.717) is 30.1 Å². The third-order valence-electron chi connectivity index (χ3n) is 4.13.